The average molecular weight is 281 g/mol. The van der Waals surface area contributed by atoms with E-state index >= 15 is 0 Å². The first kappa shape index (κ1) is 14.9. The molecule has 0 aliphatic carbocycles. The molecule has 0 aliphatic rings. The summed E-state index contributed by atoms with van der Waals surface area (Å²) in [5, 5.41) is 8.99. The summed E-state index contributed by atoms with van der Waals surface area (Å²) in [6.45, 7) is 4.58. The zero-order valence-corrected chi connectivity index (χ0v) is 12.4. The third kappa shape index (κ3) is 3.51. The van der Waals surface area contributed by atoms with Crippen LogP contribution >= 0.6 is 0 Å². The minimum absolute atomic E-state index is 0.0804. The van der Waals surface area contributed by atoms with Crippen LogP contribution in [0.25, 0.3) is 0 Å². The van der Waals surface area contributed by atoms with Gasteiger partial charge in [-0.25, -0.2) is 0 Å². The van der Waals surface area contributed by atoms with Gasteiger partial charge < -0.3 is 9.47 Å². The number of aromatic nitrogens is 1. The molecular weight excluding hydrogens is 262 g/mol. The van der Waals surface area contributed by atoms with Crippen molar-refractivity contribution in [2.24, 2.45) is 0 Å². The summed E-state index contributed by atoms with van der Waals surface area (Å²) in [6, 6.07) is 15.7. The van der Waals surface area contributed by atoms with Gasteiger partial charge in [0.05, 0.1) is 6.07 Å². The van der Waals surface area contributed by atoms with Crippen molar-refractivity contribution in [3.63, 3.8) is 0 Å². The van der Waals surface area contributed by atoms with Gasteiger partial charge in [-0.05, 0) is 31.5 Å². The maximum absolute atomic E-state index is 12.7. The Hall–Kier alpha value is -2.54. The Morgan fingerprint density at radius 3 is 2.57 bits per heavy atom. The van der Waals surface area contributed by atoms with Crippen LogP contribution in [0.1, 0.15) is 35.9 Å². The first-order valence-corrected chi connectivity index (χ1v) is 7.00. The van der Waals surface area contributed by atoms with Crippen LogP contribution in [0.15, 0.2) is 48.7 Å². The number of carbonyl (C=O) groups is 1. The predicted octanol–water partition coefficient (Wildman–Crippen LogP) is 3.23. The number of carbonyl (C=O) groups excluding carboxylic acids is 1. The predicted molar refractivity (Wildman–Crippen MR) is 81.6 cm³/mol. The van der Waals surface area contributed by atoms with Gasteiger partial charge in [0.15, 0.2) is 0 Å². The fraction of sp³-hybridized carbons (Fsp3) is 0.294. The van der Waals surface area contributed by atoms with E-state index in [0.29, 0.717) is 12.2 Å². The molecule has 1 aromatic heterocycles. The van der Waals surface area contributed by atoms with Gasteiger partial charge >= 0.3 is 0 Å². The number of hydrogen-bond acceptors (Lipinski definition) is 2. The van der Waals surface area contributed by atoms with E-state index in [9.17, 15) is 4.79 Å². The standard InChI is InChI=1S/C17H19N3O/c1-14(2)20-11-6-9-16(20)17(21)19(12-10-18)13-15-7-4-3-5-8-15/h3-9,11,14H,12-13H2,1-2H3. The monoisotopic (exact) mass is 281 g/mol. The van der Waals surface area contributed by atoms with Crippen LogP contribution < -0.4 is 0 Å². The first-order chi connectivity index (χ1) is 10.1. The molecule has 1 amide bonds. The molecule has 0 radical (unpaired) electrons. The molecule has 2 rings (SSSR count). The highest BCUT2D eigenvalue weighted by molar-refractivity contribution is 5.93. The van der Waals surface area contributed by atoms with Gasteiger partial charge in [-0.3, -0.25) is 4.79 Å². The molecule has 0 unspecified atom stereocenters. The van der Waals surface area contributed by atoms with Crippen molar-refractivity contribution in [1.82, 2.24) is 9.47 Å². The third-order valence-corrected chi connectivity index (χ3v) is 3.32. The van der Waals surface area contributed by atoms with Crippen LogP contribution in [-0.2, 0) is 6.54 Å². The summed E-state index contributed by atoms with van der Waals surface area (Å²) in [4.78, 5) is 14.3. The number of nitrogens with zero attached hydrogens (tertiary/aromatic N) is 3. The fourth-order valence-electron chi connectivity index (χ4n) is 2.28. The number of hydrogen-bond donors (Lipinski definition) is 0. The topological polar surface area (TPSA) is 49.0 Å². The fourth-order valence-corrected chi connectivity index (χ4v) is 2.28. The molecule has 4 heteroatoms. The van der Waals surface area contributed by atoms with Crippen LogP contribution in [-0.4, -0.2) is 21.9 Å². The van der Waals surface area contributed by atoms with Gasteiger partial charge in [0.2, 0.25) is 0 Å². The molecule has 0 saturated heterocycles. The third-order valence-electron chi connectivity index (χ3n) is 3.32. The molecule has 0 N–H and O–H groups in total. The zero-order valence-electron chi connectivity index (χ0n) is 12.4. The van der Waals surface area contributed by atoms with Crippen LogP contribution in [0.3, 0.4) is 0 Å². The molecule has 4 nitrogen and oxygen atoms in total. The number of benzene rings is 1. The quantitative estimate of drug-likeness (QED) is 0.790. The summed E-state index contributed by atoms with van der Waals surface area (Å²) < 4.78 is 1.93. The minimum Gasteiger partial charge on any atom is -0.341 e. The lowest BCUT2D eigenvalue weighted by molar-refractivity contribution is 0.0752. The van der Waals surface area contributed by atoms with E-state index in [4.69, 9.17) is 5.26 Å². The first-order valence-electron chi connectivity index (χ1n) is 7.00. The second-order valence-electron chi connectivity index (χ2n) is 5.20. The molecule has 0 saturated carbocycles. The molecular formula is C17H19N3O. The normalized spacial score (nSPS) is 10.4. The Labute approximate surface area is 125 Å². The summed E-state index contributed by atoms with van der Waals surface area (Å²) in [5.74, 6) is -0.112. The Morgan fingerprint density at radius 1 is 1.24 bits per heavy atom. The second kappa shape index (κ2) is 6.76. The lowest BCUT2D eigenvalue weighted by atomic mass is 10.2. The Kier molecular flexibility index (Phi) is 4.78. The van der Waals surface area contributed by atoms with Gasteiger partial charge in [-0.1, -0.05) is 30.3 Å². The van der Waals surface area contributed by atoms with E-state index in [-0.39, 0.29) is 18.5 Å². The smallest absolute Gasteiger partial charge is 0.271 e. The van der Waals surface area contributed by atoms with Crippen molar-refractivity contribution in [2.45, 2.75) is 26.4 Å². The molecule has 0 atom stereocenters. The molecule has 0 aliphatic heterocycles. The average Bonchev–Trinajstić information content (AvgIpc) is 2.97. The van der Waals surface area contributed by atoms with E-state index in [1.165, 1.54) is 0 Å². The number of nitriles is 1. The Bertz CT molecular complexity index is 638. The van der Waals surface area contributed by atoms with Gasteiger partial charge in [0.1, 0.15) is 12.2 Å². The molecule has 0 spiro atoms. The lowest BCUT2D eigenvalue weighted by Crippen LogP contribution is -2.32. The molecule has 108 valence electrons. The molecule has 1 heterocycles. The van der Waals surface area contributed by atoms with Gasteiger partial charge in [0.25, 0.3) is 5.91 Å². The van der Waals surface area contributed by atoms with Crippen molar-refractivity contribution in [1.29, 1.82) is 5.26 Å². The molecule has 2 aromatic rings. The van der Waals surface area contributed by atoms with E-state index in [1.807, 2.05) is 61.0 Å². The molecule has 0 fully saturated rings. The van der Waals surface area contributed by atoms with E-state index in [0.717, 1.165) is 5.56 Å². The highest BCUT2D eigenvalue weighted by Gasteiger charge is 2.19. The summed E-state index contributed by atoms with van der Waals surface area (Å²) in [7, 11) is 0. The number of amides is 1. The summed E-state index contributed by atoms with van der Waals surface area (Å²) in [5.41, 5.74) is 1.64. The van der Waals surface area contributed by atoms with Crippen LogP contribution in [0.4, 0.5) is 0 Å². The van der Waals surface area contributed by atoms with Crippen molar-refractivity contribution in [2.75, 3.05) is 6.54 Å². The highest BCUT2D eigenvalue weighted by Crippen LogP contribution is 2.15. The van der Waals surface area contributed by atoms with Crippen molar-refractivity contribution < 1.29 is 4.79 Å². The van der Waals surface area contributed by atoms with Crippen LogP contribution in [0.5, 0.6) is 0 Å². The van der Waals surface area contributed by atoms with E-state index in [2.05, 4.69) is 6.07 Å². The van der Waals surface area contributed by atoms with Crippen molar-refractivity contribution in [3.8, 4) is 6.07 Å². The van der Waals surface area contributed by atoms with Gasteiger partial charge in [-0.2, -0.15) is 5.26 Å². The summed E-state index contributed by atoms with van der Waals surface area (Å²) in [6.07, 6.45) is 1.89. The van der Waals surface area contributed by atoms with E-state index < -0.39 is 0 Å². The summed E-state index contributed by atoms with van der Waals surface area (Å²) >= 11 is 0. The minimum atomic E-state index is -0.112. The van der Waals surface area contributed by atoms with Crippen LogP contribution in [0.2, 0.25) is 0 Å². The highest BCUT2D eigenvalue weighted by atomic mass is 16.2. The van der Waals surface area contributed by atoms with Crippen molar-refractivity contribution >= 4 is 5.91 Å². The molecule has 0 bridgehead atoms. The lowest BCUT2D eigenvalue weighted by Gasteiger charge is -2.21. The maximum atomic E-state index is 12.7. The maximum Gasteiger partial charge on any atom is 0.271 e. The number of rotatable bonds is 5. The second-order valence-corrected chi connectivity index (χ2v) is 5.20. The largest absolute Gasteiger partial charge is 0.341 e. The Morgan fingerprint density at radius 2 is 1.95 bits per heavy atom. The van der Waals surface area contributed by atoms with E-state index in [1.54, 1.807) is 11.0 Å². The van der Waals surface area contributed by atoms with Gasteiger partial charge in [0, 0.05) is 18.8 Å². The molecule has 21 heavy (non-hydrogen) atoms. The van der Waals surface area contributed by atoms with Gasteiger partial charge in [-0.15, -0.1) is 0 Å². The van der Waals surface area contributed by atoms with Crippen LogP contribution in [0, 0.1) is 11.3 Å². The molecule has 1 aromatic carbocycles. The Balaban J connectivity index is 2.24. The van der Waals surface area contributed by atoms with Crippen molar-refractivity contribution in [3.05, 3.63) is 59.9 Å². The zero-order chi connectivity index (χ0) is 15.2. The SMILES string of the molecule is CC(C)n1cccc1C(=O)N(CC#N)Cc1ccccc1.